The third-order valence-corrected chi connectivity index (χ3v) is 3.41. The van der Waals surface area contributed by atoms with Crippen molar-refractivity contribution in [3.8, 4) is 5.75 Å². The summed E-state index contributed by atoms with van der Waals surface area (Å²) in [6.07, 6.45) is 3.42. The second-order valence-corrected chi connectivity index (χ2v) is 4.67. The average molecular weight is 278 g/mol. The first-order chi connectivity index (χ1) is 9.15. The van der Waals surface area contributed by atoms with Gasteiger partial charge in [-0.2, -0.15) is 0 Å². The smallest absolute Gasteiger partial charge is 0.137 e. The SMILES string of the molecule is COc1cncc(C(NN)c2ccc(Cl)c(C)c2)c1. The summed E-state index contributed by atoms with van der Waals surface area (Å²) in [5, 5.41) is 0.739. The third-order valence-electron chi connectivity index (χ3n) is 2.99. The Balaban J connectivity index is 2.40. The number of nitrogens with zero attached hydrogens (tertiary/aromatic N) is 1. The Bertz CT molecular complexity index is 574. The highest BCUT2D eigenvalue weighted by atomic mass is 35.5. The van der Waals surface area contributed by atoms with E-state index >= 15 is 0 Å². The van der Waals surface area contributed by atoms with E-state index in [-0.39, 0.29) is 6.04 Å². The van der Waals surface area contributed by atoms with Crippen molar-refractivity contribution in [3.63, 3.8) is 0 Å². The van der Waals surface area contributed by atoms with Crippen molar-refractivity contribution in [2.24, 2.45) is 5.84 Å². The van der Waals surface area contributed by atoms with Crippen LogP contribution in [-0.2, 0) is 0 Å². The molecule has 3 N–H and O–H groups in total. The Morgan fingerprint density at radius 1 is 1.26 bits per heavy atom. The lowest BCUT2D eigenvalue weighted by molar-refractivity contribution is 0.411. The van der Waals surface area contributed by atoms with E-state index in [1.165, 1.54) is 0 Å². The minimum absolute atomic E-state index is 0.154. The normalized spacial score (nSPS) is 12.2. The van der Waals surface area contributed by atoms with Crippen molar-refractivity contribution in [3.05, 3.63) is 58.4 Å². The molecule has 19 heavy (non-hydrogen) atoms. The maximum absolute atomic E-state index is 6.04. The maximum Gasteiger partial charge on any atom is 0.137 e. The van der Waals surface area contributed by atoms with Crippen LogP contribution in [0.2, 0.25) is 5.02 Å². The number of aryl methyl sites for hydroxylation is 1. The standard InChI is InChI=1S/C14H16ClN3O/c1-9-5-10(3-4-13(9)15)14(18-16)11-6-12(19-2)8-17-7-11/h3-8,14,18H,16H2,1-2H3. The third kappa shape index (κ3) is 3.04. The van der Waals surface area contributed by atoms with Crippen molar-refractivity contribution in [1.29, 1.82) is 0 Å². The number of hydrogen-bond donors (Lipinski definition) is 2. The summed E-state index contributed by atoms with van der Waals surface area (Å²) in [6, 6.07) is 7.57. The van der Waals surface area contributed by atoms with Crippen LogP contribution in [-0.4, -0.2) is 12.1 Å². The summed E-state index contributed by atoms with van der Waals surface area (Å²) in [4.78, 5) is 4.14. The zero-order valence-corrected chi connectivity index (χ0v) is 11.6. The van der Waals surface area contributed by atoms with E-state index in [4.69, 9.17) is 22.2 Å². The predicted octanol–water partition coefficient (Wildman–Crippen LogP) is 2.60. The molecule has 0 aliphatic carbocycles. The molecule has 5 heteroatoms. The van der Waals surface area contributed by atoms with E-state index in [2.05, 4.69) is 10.4 Å². The van der Waals surface area contributed by atoms with E-state index in [1.54, 1.807) is 19.5 Å². The lowest BCUT2D eigenvalue weighted by Crippen LogP contribution is -2.29. The van der Waals surface area contributed by atoms with Gasteiger partial charge < -0.3 is 4.74 Å². The van der Waals surface area contributed by atoms with Crippen LogP contribution in [0, 0.1) is 6.92 Å². The molecule has 0 saturated heterocycles. The molecular formula is C14H16ClN3O. The van der Waals surface area contributed by atoms with E-state index in [1.807, 2.05) is 31.2 Å². The molecule has 0 aliphatic heterocycles. The number of aromatic nitrogens is 1. The number of pyridine rings is 1. The van der Waals surface area contributed by atoms with Crippen LogP contribution in [0.1, 0.15) is 22.7 Å². The van der Waals surface area contributed by atoms with Gasteiger partial charge in [-0.3, -0.25) is 10.8 Å². The molecule has 0 radical (unpaired) electrons. The number of nitrogens with one attached hydrogen (secondary N) is 1. The molecule has 1 heterocycles. The Kier molecular flexibility index (Phi) is 4.37. The van der Waals surface area contributed by atoms with Crippen LogP contribution < -0.4 is 16.0 Å². The highest BCUT2D eigenvalue weighted by Gasteiger charge is 2.14. The molecule has 4 nitrogen and oxygen atoms in total. The summed E-state index contributed by atoms with van der Waals surface area (Å²) in [7, 11) is 1.61. The van der Waals surface area contributed by atoms with Crippen molar-refractivity contribution in [1.82, 2.24) is 10.4 Å². The zero-order valence-electron chi connectivity index (χ0n) is 10.9. The predicted molar refractivity (Wildman–Crippen MR) is 76.1 cm³/mol. The molecule has 0 saturated carbocycles. The fourth-order valence-electron chi connectivity index (χ4n) is 1.94. The lowest BCUT2D eigenvalue weighted by Gasteiger charge is -2.18. The Labute approximate surface area is 117 Å². The second-order valence-electron chi connectivity index (χ2n) is 4.27. The fraction of sp³-hybridized carbons (Fsp3) is 0.214. The van der Waals surface area contributed by atoms with Crippen LogP contribution in [0.15, 0.2) is 36.7 Å². The molecule has 0 fully saturated rings. The molecule has 0 amide bonds. The van der Waals surface area contributed by atoms with E-state index in [0.717, 1.165) is 21.7 Å². The first-order valence-electron chi connectivity index (χ1n) is 5.87. The van der Waals surface area contributed by atoms with Crippen molar-refractivity contribution in [2.75, 3.05) is 7.11 Å². The molecule has 1 unspecified atom stereocenters. The van der Waals surface area contributed by atoms with Gasteiger partial charge in [0.15, 0.2) is 0 Å². The molecule has 0 bridgehead atoms. The second kappa shape index (κ2) is 6.02. The van der Waals surface area contributed by atoms with Crippen molar-refractivity contribution < 1.29 is 4.74 Å². The number of methoxy groups -OCH3 is 1. The molecule has 1 aromatic heterocycles. The topological polar surface area (TPSA) is 60.2 Å². The highest BCUT2D eigenvalue weighted by Crippen LogP contribution is 2.26. The number of nitrogens with two attached hydrogens (primary N) is 1. The van der Waals surface area contributed by atoms with Crippen molar-refractivity contribution in [2.45, 2.75) is 13.0 Å². The summed E-state index contributed by atoms with van der Waals surface area (Å²) >= 11 is 6.04. The van der Waals surface area contributed by atoms with Crippen LogP contribution in [0.4, 0.5) is 0 Å². The number of hydrogen-bond acceptors (Lipinski definition) is 4. The van der Waals surface area contributed by atoms with E-state index < -0.39 is 0 Å². The number of hydrazine groups is 1. The molecule has 100 valence electrons. The van der Waals surface area contributed by atoms with Gasteiger partial charge in [-0.25, -0.2) is 5.43 Å². The van der Waals surface area contributed by atoms with Crippen LogP contribution in [0.3, 0.4) is 0 Å². The minimum Gasteiger partial charge on any atom is -0.495 e. The maximum atomic E-state index is 6.04. The minimum atomic E-state index is -0.154. The summed E-state index contributed by atoms with van der Waals surface area (Å²) in [5.41, 5.74) is 5.76. The summed E-state index contributed by atoms with van der Waals surface area (Å²) in [5.74, 6) is 6.36. The quantitative estimate of drug-likeness (QED) is 0.666. The molecule has 1 aromatic carbocycles. The van der Waals surface area contributed by atoms with E-state index in [0.29, 0.717) is 5.75 Å². The van der Waals surface area contributed by atoms with Crippen LogP contribution in [0.25, 0.3) is 0 Å². The Morgan fingerprint density at radius 2 is 2.05 bits per heavy atom. The van der Waals surface area contributed by atoms with Gasteiger partial charge in [0.05, 0.1) is 19.3 Å². The van der Waals surface area contributed by atoms with E-state index in [9.17, 15) is 0 Å². The van der Waals surface area contributed by atoms with Crippen molar-refractivity contribution >= 4 is 11.6 Å². The average Bonchev–Trinajstić information content (AvgIpc) is 2.44. The number of benzene rings is 1. The van der Waals surface area contributed by atoms with Crippen LogP contribution in [0.5, 0.6) is 5.75 Å². The van der Waals surface area contributed by atoms with Gasteiger partial charge in [0.1, 0.15) is 5.75 Å². The van der Waals surface area contributed by atoms with Crippen LogP contribution >= 0.6 is 11.6 Å². The van der Waals surface area contributed by atoms with Gasteiger partial charge in [0.25, 0.3) is 0 Å². The van der Waals surface area contributed by atoms with Gasteiger partial charge in [0, 0.05) is 11.2 Å². The largest absolute Gasteiger partial charge is 0.495 e. The summed E-state index contributed by atoms with van der Waals surface area (Å²) in [6.45, 7) is 1.96. The van der Waals surface area contributed by atoms with Gasteiger partial charge in [0.2, 0.25) is 0 Å². The number of ether oxygens (including phenoxy) is 1. The first-order valence-corrected chi connectivity index (χ1v) is 6.24. The monoisotopic (exact) mass is 277 g/mol. The molecule has 0 aliphatic rings. The highest BCUT2D eigenvalue weighted by molar-refractivity contribution is 6.31. The van der Waals surface area contributed by atoms with Gasteiger partial charge >= 0.3 is 0 Å². The Morgan fingerprint density at radius 3 is 2.68 bits per heavy atom. The summed E-state index contributed by atoms with van der Waals surface area (Å²) < 4.78 is 5.18. The van der Waals surface area contributed by atoms with Gasteiger partial charge in [-0.1, -0.05) is 23.7 Å². The first kappa shape index (κ1) is 13.8. The Hall–Kier alpha value is -1.62. The van der Waals surface area contributed by atoms with Gasteiger partial charge in [-0.05, 0) is 35.7 Å². The molecule has 2 aromatic rings. The molecule has 0 spiro atoms. The molecule has 2 rings (SSSR count). The fourth-order valence-corrected chi connectivity index (χ4v) is 2.05. The molecule has 1 atom stereocenters. The molecular weight excluding hydrogens is 262 g/mol. The lowest BCUT2D eigenvalue weighted by atomic mass is 9.99. The van der Waals surface area contributed by atoms with Gasteiger partial charge in [-0.15, -0.1) is 0 Å². The number of halogens is 1. The zero-order chi connectivity index (χ0) is 13.8. The number of rotatable bonds is 4.